The molecule has 1 aromatic heterocycles. The van der Waals surface area contributed by atoms with Crippen LogP contribution >= 0.6 is 35.3 Å². The lowest BCUT2D eigenvalue weighted by molar-refractivity contribution is -0.115. The lowest BCUT2D eigenvalue weighted by Crippen LogP contribution is -2.29. The van der Waals surface area contributed by atoms with Gasteiger partial charge in [0.25, 0.3) is 0 Å². The molecule has 1 saturated carbocycles. The first-order valence-electron chi connectivity index (χ1n) is 6.93. The normalized spacial score (nSPS) is 13.5. The first-order chi connectivity index (χ1) is 10.2. The van der Waals surface area contributed by atoms with E-state index in [4.69, 9.17) is 11.6 Å². The molecule has 2 N–H and O–H groups in total. The number of carbonyl (C=O) groups excluding carboxylic acids is 1. The zero-order valence-corrected chi connectivity index (χ0v) is 14.2. The predicted molar refractivity (Wildman–Crippen MR) is 94.0 cm³/mol. The maximum absolute atomic E-state index is 11.8. The largest absolute Gasteiger partial charge is 0.308 e. The number of hydrogen-bond acceptors (Lipinski definition) is 4. The Morgan fingerprint density at radius 3 is 2.86 bits per heavy atom. The summed E-state index contributed by atoms with van der Waals surface area (Å²) < 4.78 is 0. The van der Waals surface area contributed by atoms with Gasteiger partial charge in [-0.2, -0.15) is 0 Å². The van der Waals surface area contributed by atoms with Crippen molar-refractivity contribution in [3.8, 4) is 11.3 Å². The van der Waals surface area contributed by atoms with Gasteiger partial charge in [-0.3, -0.25) is 4.79 Å². The van der Waals surface area contributed by atoms with E-state index in [1.165, 1.54) is 24.2 Å². The highest BCUT2D eigenvalue weighted by Gasteiger charge is 2.20. The number of thiazole rings is 1. The van der Waals surface area contributed by atoms with Crippen LogP contribution in [0.15, 0.2) is 29.6 Å². The SMILES string of the molecule is Cl.O=C(CNCC1CC1)Nc1nc(-c2ccccc2Cl)cs1. The van der Waals surface area contributed by atoms with Crippen LogP contribution in [0.3, 0.4) is 0 Å². The van der Waals surface area contributed by atoms with E-state index in [-0.39, 0.29) is 18.3 Å². The van der Waals surface area contributed by atoms with Crippen molar-refractivity contribution in [2.45, 2.75) is 12.8 Å². The second-order valence-corrected chi connectivity index (χ2v) is 6.41. The Morgan fingerprint density at radius 2 is 2.14 bits per heavy atom. The van der Waals surface area contributed by atoms with Crippen LogP contribution in [0.25, 0.3) is 11.3 Å². The van der Waals surface area contributed by atoms with Gasteiger partial charge >= 0.3 is 0 Å². The minimum atomic E-state index is -0.0595. The van der Waals surface area contributed by atoms with E-state index in [1.807, 2.05) is 29.6 Å². The summed E-state index contributed by atoms with van der Waals surface area (Å²) in [6.07, 6.45) is 2.56. The van der Waals surface area contributed by atoms with Crippen molar-refractivity contribution in [1.29, 1.82) is 0 Å². The minimum Gasteiger partial charge on any atom is -0.308 e. The van der Waals surface area contributed by atoms with Crippen LogP contribution in [-0.2, 0) is 4.79 Å². The number of carbonyl (C=O) groups is 1. The van der Waals surface area contributed by atoms with Gasteiger partial charge in [0.15, 0.2) is 5.13 Å². The molecule has 1 heterocycles. The van der Waals surface area contributed by atoms with Crippen molar-refractivity contribution in [3.63, 3.8) is 0 Å². The van der Waals surface area contributed by atoms with E-state index in [0.29, 0.717) is 16.7 Å². The second-order valence-electron chi connectivity index (χ2n) is 5.14. The Labute approximate surface area is 144 Å². The van der Waals surface area contributed by atoms with Crippen LogP contribution in [0.4, 0.5) is 5.13 Å². The third-order valence-corrected chi connectivity index (χ3v) is 4.40. The van der Waals surface area contributed by atoms with Gasteiger partial charge in [0, 0.05) is 16.0 Å². The summed E-state index contributed by atoms with van der Waals surface area (Å²) >= 11 is 7.55. The lowest BCUT2D eigenvalue weighted by atomic mass is 10.2. The molecule has 22 heavy (non-hydrogen) atoms. The average molecular weight is 358 g/mol. The topological polar surface area (TPSA) is 54.0 Å². The molecular weight excluding hydrogens is 341 g/mol. The fraction of sp³-hybridized carbons (Fsp3) is 0.333. The Bertz CT molecular complexity index is 643. The molecule has 0 radical (unpaired) electrons. The quantitative estimate of drug-likeness (QED) is 0.825. The number of benzene rings is 1. The number of nitrogens with zero attached hydrogens (tertiary/aromatic N) is 1. The molecule has 0 atom stereocenters. The van der Waals surface area contributed by atoms with E-state index >= 15 is 0 Å². The average Bonchev–Trinajstić information content (AvgIpc) is 3.18. The highest BCUT2D eigenvalue weighted by Crippen LogP contribution is 2.30. The Hall–Kier alpha value is -1.14. The second kappa shape index (κ2) is 7.92. The maximum Gasteiger partial charge on any atom is 0.240 e. The van der Waals surface area contributed by atoms with Gasteiger partial charge < -0.3 is 10.6 Å². The fourth-order valence-corrected chi connectivity index (χ4v) is 2.96. The van der Waals surface area contributed by atoms with Crippen LogP contribution in [0, 0.1) is 5.92 Å². The summed E-state index contributed by atoms with van der Waals surface area (Å²) in [6, 6.07) is 7.55. The minimum absolute atomic E-state index is 0. The Kier molecular flexibility index (Phi) is 6.20. The number of halogens is 2. The van der Waals surface area contributed by atoms with Gasteiger partial charge in [0.2, 0.25) is 5.91 Å². The number of hydrogen-bond donors (Lipinski definition) is 2. The van der Waals surface area contributed by atoms with Gasteiger partial charge in [-0.25, -0.2) is 4.98 Å². The van der Waals surface area contributed by atoms with Gasteiger partial charge in [-0.15, -0.1) is 23.7 Å². The molecule has 0 unspecified atom stereocenters. The number of aromatic nitrogens is 1. The number of nitrogens with one attached hydrogen (secondary N) is 2. The third kappa shape index (κ3) is 4.68. The van der Waals surface area contributed by atoms with Crippen molar-refractivity contribution in [2.75, 3.05) is 18.4 Å². The summed E-state index contributed by atoms with van der Waals surface area (Å²) in [7, 11) is 0. The fourth-order valence-electron chi connectivity index (χ4n) is 2.00. The first-order valence-corrected chi connectivity index (χ1v) is 8.19. The summed E-state index contributed by atoms with van der Waals surface area (Å²) in [5.74, 6) is 0.709. The van der Waals surface area contributed by atoms with Crippen LogP contribution in [-0.4, -0.2) is 24.0 Å². The van der Waals surface area contributed by atoms with Gasteiger partial charge in [0.05, 0.1) is 12.2 Å². The Morgan fingerprint density at radius 1 is 1.36 bits per heavy atom. The van der Waals surface area contributed by atoms with E-state index in [2.05, 4.69) is 15.6 Å². The summed E-state index contributed by atoms with van der Waals surface area (Å²) in [5.41, 5.74) is 1.66. The molecule has 1 amide bonds. The third-order valence-electron chi connectivity index (χ3n) is 3.32. The van der Waals surface area contributed by atoms with E-state index in [0.717, 1.165) is 23.7 Å². The zero-order valence-electron chi connectivity index (χ0n) is 11.8. The molecule has 7 heteroatoms. The molecule has 3 rings (SSSR count). The molecule has 0 aliphatic heterocycles. The van der Waals surface area contributed by atoms with Crippen molar-refractivity contribution < 1.29 is 4.79 Å². The molecule has 0 spiro atoms. The molecule has 1 aromatic carbocycles. The smallest absolute Gasteiger partial charge is 0.240 e. The van der Waals surface area contributed by atoms with E-state index < -0.39 is 0 Å². The molecule has 0 saturated heterocycles. The van der Waals surface area contributed by atoms with Crippen LogP contribution in [0.2, 0.25) is 5.02 Å². The van der Waals surface area contributed by atoms with Gasteiger partial charge in [-0.05, 0) is 31.4 Å². The Balaban J connectivity index is 0.00000176. The highest BCUT2D eigenvalue weighted by molar-refractivity contribution is 7.14. The highest BCUT2D eigenvalue weighted by atomic mass is 35.5. The molecule has 1 aliphatic rings. The monoisotopic (exact) mass is 357 g/mol. The van der Waals surface area contributed by atoms with E-state index in [9.17, 15) is 4.79 Å². The molecule has 0 bridgehead atoms. The standard InChI is InChI=1S/C15H16ClN3OS.ClH/c16-12-4-2-1-3-11(12)13-9-21-15(18-13)19-14(20)8-17-7-10-5-6-10;/h1-4,9-10,17H,5-8H2,(H,18,19,20);1H. The maximum atomic E-state index is 11.8. The van der Waals surface area contributed by atoms with Crippen LogP contribution in [0.5, 0.6) is 0 Å². The lowest BCUT2D eigenvalue weighted by Gasteiger charge is -2.03. The van der Waals surface area contributed by atoms with Crippen molar-refractivity contribution >= 4 is 46.4 Å². The molecule has 2 aromatic rings. The van der Waals surface area contributed by atoms with Gasteiger partial charge in [0.1, 0.15) is 0 Å². The number of rotatable bonds is 6. The van der Waals surface area contributed by atoms with Gasteiger partial charge in [-0.1, -0.05) is 29.8 Å². The molecular formula is C15H17Cl2N3OS. The van der Waals surface area contributed by atoms with Crippen molar-refractivity contribution in [3.05, 3.63) is 34.7 Å². The molecule has 1 aliphatic carbocycles. The zero-order chi connectivity index (χ0) is 14.7. The predicted octanol–water partition coefficient (Wildman–Crippen LogP) is 3.82. The number of amides is 1. The molecule has 1 fully saturated rings. The summed E-state index contributed by atoms with van der Waals surface area (Å²) in [4.78, 5) is 16.2. The van der Waals surface area contributed by atoms with Crippen LogP contribution < -0.4 is 10.6 Å². The van der Waals surface area contributed by atoms with Crippen molar-refractivity contribution in [2.24, 2.45) is 5.92 Å². The first kappa shape index (κ1) is 17.2. The van der Waals surface area contributed by atoms with Crippen molar-refractivity contribution in [1.82, 2.24) is 10.3 Å². The molecule has 4 nitrogen and oxygen atoms in total. The summed E-state index contributed by atoms with van der Waals surface area (Å²) in [6.45, 7) is 1.26. The number of anilines is 1. The summed E-state index contributed by atoms with van der Waals surface area (Å²) in [5, 5.41) is 9.12. The van der Waals surface area contributed by atoms with E-state index in [1.54, 1.807) is 0 Å². The molecule has 118 valence electrons. The van der Waals surface area contributed by atoms with Crippen LogP contribution in [0.1, 0.15) is 12.8 Å².